The monoisotopic (exact) mass is 327 g/mol. The lowest BCUT2D eigenvalue weighted by molar-refractivity contribution is -0.0498. The quantitative estimate of drug-likeness (QED) is 0.841. The molecule has 2 aromatic rings. The summed E-state index contributed by atoms with van der Waals surface area (Å²) in [6.07, 6.45) is 0. The maximum Gasteiger partial charge on any atom is 0.387 e. The van der Waals surface area contributed by atoms with Crippen LogP contribution in [0.15, 0.2) is 42.5 Å². The van der Waals surface area contributed by atoms with Gasteiger partial charge in [0.2, 0.25) is 0 Å². The lowest BCUT2D eigenvalue weighted by Gasteiger charge is -2.15. The van der Waals surface area contributed by atoms with Crippen molar-refractivity contribution in [2.75, 3.05) is 0 Å². The van der Waals surface area contributed by atoms with Crippen LogP contribution in [0.2, 0.25) is 0 Å². The van der Waals surface area contributed by atoms with Gasteiger partial charge in [0.1, 0.15) is 5.75 Å². The molecule has 0 aromatic heterocycles. The van der Waals surface area contributed by atoms with Crippen molar-refractivity contribution in [3.63, 3.8) is 0 Å². The molecule has 0 bridgehead atoms. The van der Waals surface area contributed by atoms with E-state index < -0.39 is 30.2 Å². The molecule has 0 saturated carbocycles. The van der Waals surface area contributed by atoms with Gasteiger partial charge < -0.3 is 10.1 Å². The van der Waals surface area contributed by atoms with Crippen LogP contribution in [0.25, 0.3) is 0 Å². The van der Waals surface area contributed by atoms with Crippen molar-refractivity contribution in [3.8, 4) is 5.75 Å². The zero-order valence-electron chi connectivity index (χ0n) is 12.0. The Kier molecular flexibility index (Phi) is 5.20. The van der Waals surface area contributed by atoms with Crippen LogP contribution in [0.5, 0.6) is 5.75 Å². The summed E-state index contributed by atoms with van der Waals surface area (Å²) < 4.78 is 54.3. The minimum atomic E-state index is -2.91. The lowest BCUT2D eigenvalue weighted by atomic mass is 10.1. The molecule has 3 nitrogen and oxygen atoms in total. The number of amides is 1. The van der Waals surface area contributed by atoms with E-state index in [0.717, 1.165) is 12.1 Å². The van der Waals surface area contributed by atoms with Crippen molar-refractivity contribution < 1.29 is 27.1 Å². The largest absolute Gasteiger partial charge is 0.435 e. The van der Waals surface area contributed by atoms with Crippen LogP contribution in [0.1, 0.15) is 28.9 Å². The molecule has 0 saturated heterocycles. The number of hydrogen-bond acceptors (Lipinski definition) is 2. The molecule has 0 aliphatic heterocycles. The Morgan fingerprint density at radius 3 is 2.26 bits per heavy atom. The smallest absolute Gasteiger partial charge is 0.387 e. The summed E-state index contributed by atoms with van der Waals surface area (Å²) in [7, 11) is 0. The summed E-state index contributed by atoms with van der Waals surface area (Å²) in [5, 5.41) is 2.60. The third kappa shape index (κ3) is 4.45. The molecule has 0 radical (unpaired) electrons. The van der Waals surface area contributed by atoms with E-state index in [-0.39, 0.29) is 11.3 Å². The van der Waals surface area contributed by atoms with Crippen LogP contribution in [0.3, 0.4) is 0 Å². The third-order valence-electron chi connectivity index (χ3n) is 3.13. The normalized spacial score (nSPS) is 12.1. The minimum Gasteiger partial charge on any atom is -0.435 e. The second-order valence-corrected chi connectivity index (χ2v) is 4.77. The van der Waals surface area contributed by atoms with Crippen molar-refractivity contribution in [2.45, 2.75) is 19.6 Å². The molecule has 1 atom stereocenters. The topological polar surface area (TPSA) is 38.3 Å². The van der Waals surface area contributed by atoms with Crippen molar-refractivity contribution in [2.24, 2.45) is 0 Å². The van der Waals surface area contributed by atoms with Gasteiger partial charge in [0.05, 0.1) is 6.04 Å². The van der Waals surface area contributed by atoms with E-state index in [2.05, 4.69) is 10.1 Å². The lowest BCUT2D eigenvalue weighted by Crippen LogP contribution is -2.26. The van der Waals surface area contributed by atoms with E-state index in [0.29, 0.717) is 5.56 Å². The molecular weight excluding hydrogens is 314 g/mol. The van der Waals surface area contributed by atoms with Gasteiger partial charge >= 0.3 is 6.61 Å². The van der Waals surface area contributed by atoms with E-state index in [1.807, 2.05) is 0 Å². The summed E-state index contributed by atoms with van der Waals surface area (Å²) in [5.74, 6) is -2.73. The molecular formula is C16H13F4NO2. The molecule has 0 heterocycles. The predicted octanol–water partition coefficient (Wildman–Crippen LogP) is 4.06. The Morgan fingerprint density at radius 1 is 1.04 bits per heavy atom. The van der Waals surface area contributed by atoms with E-state index in [4.69, 9.17) is 0 Å². The fraction of sp³-hybridized carbons (Fsp3) is 0.188. The van der Waals surface area contributed by atoms with Gasteiger partial charge in [-0.2, -0.15) is 8.78 Å². The van der Waals surface area contributed by atoms with Gasteiger partial charge in [-0.05, 0) is 42.8 Å². The number of carbonyl (C=O) groups excluding carboxylic acids is 1. The molecule has 2 rings (SSSR count). The summed E-state index contributed by atoms with van der Waals surface area (Å²) in [5.41, 5.74) is 0.621. The Morgan fingerprint density at radius 2 is 1.70 bits per heavy atom. The maximum absolute atomic E-state index is 13.1. The zero-order chi connectivity index (χ0) is 17.0. The molecule has 2 aromatic carbocycles. The molecule has 23 heavy (non-hydrogen) atoms. The van der Waals surface area contributed by atoms with Gasteiger partial charge in [-0.15, -0.1) is 0 Å². The number of halogens is 4. The van der Waals surface area contributed by atoms with Crippen LogP contribution in [-0.2, 0) is 0 Å². The van der Waals surface area contributed by atoms with Crippen molar-refractivity contribution >= 4 is 5.91 Å². The fourth-order valence-electron chi connectivity index (χ4n) is 1.94. The zero-order valence-corrected chi connectivity index (χ0v) is 12.0. The second kappa shape index (κ2) is 7.13. The number of alkyl halides is 2. The van der Waals surface area contributed by atoms with Crippen molar-refractivity contribution in [1.82, 2.24) is 5.32 Å². The molecule has 1 unspecified atom stereocenters. The Bertz CT molecular complexity index is 689. The average molecular weight is 327 g/mol. The van der Waals surface area contributed by atoms with Crippen LogP contribution < -0.4 is 10.1 Å². The van der Waals surface area contributed by atoms with Crippen LogP contribution in [0.4, 0.5) is 17.6 Å². The third-order valence-corrected chi connectivity index (χ3v) is 3.13. The highest BCUT2D eigenvalue weighted by Crippen LogP contribution is 2.19. The average Bonchev–Trinajstić information content (AvgIpc) is 2.50. The fourth-order valence-corrected chi connectivity index (χ4v) is 1.94. The molecule has 7 heteroatoms. The van der Waals surface area contributed by atoms with Gasteiger partial charge in [0, 0.05) is 5.56 Å². The summed E-state index contributed by atoms with van der Waals surface area (Å²) >= 11 is 0. The molecule has 122 valence electrons. The summed E-state index contributed by atoms with van der Waals surface area (Å²) in [6.45, 7) is -1.24. The van der Waals surface area contributed by atoms with Gasteiger partial charge in [-0.3, -0.25) is 4.79 Å². The molecule has 0 aliphatic rings. The Labute approximate surface area is 129 Å². The van der Waals surface area contributed by atoms with Gasteiger partial charge in [0.25, 0.3) is 5.91 Å². The molecule has 1 amide bonds. The van der Waals surface area contributed by atoms with Crippen molar-refractivity contribution in [1.29, 1.82) is 0 Å². The first-order valence-electron chi connectivity index (χ1n) is 6.67. The predicted molar refractivity (Wildman–Crippen MR) is 75.3 cm³/mol. The molecule has 0 aliphatic carbocycles. The van der Waals surface area contributed by atoms with Crippen LogP contribution >= 0.6 is 0 Å². The number of nitrogens with one attached hydrogen (secondary N) is 1. The SMILES string of the molecule is CC(NC(=O)c1ccc(F)c(F)c1)c1ccc(OC(F)F)cc1. The Hall–Kier alpha value is -2.57. The Balaban J connectivity index is 2.04. The van der Waals surface area contributed by atoms with Crippen LogP contribution in [0, 0.1) is 11.6 Å². The first-order valence-corrected chi connectivity index (χ1v) is 6.67. The standard InChI is InChI=1S/C16H13F4NO2/c1-9(10-2-5-12(6-3-10)23-16(19)20)21-15(22)11-4-7-13(17)14(18)8-11/h2-9,16H,1H3,(H,21,22). The number of hydrogen-bond donors (Lipinski definition) is 1. The molecule has 0 fully saturated rings. The highest BCUT2D eigenvalue weighted by atomic mass is 19.3. The highest BCUT2D eigenvalue weighted by molar-refractivity contribution is 5.94. The summed E-state index contributed by atoms with van der Waals surface area (Å²) in [4.78, 5) is 12.0. The minimum absolute atomic E-state index is 0.00267. The van der Waals surface area contributed by atoms with E-state index >= 15 is 0 Å². The van der Waals surface area contributed by atoms with Gasteiger partial charge in [-0.1, -0.05) is 12.1 Å². The van der Waals surface area contributed by atoms with Crippen molar-refractivity contribution in [3.05, 3.63) is 65.2 Å². The summed E-state index contributed by atoms with van der Waals surface area (Å²) in [6, 6.07) is 8.12. The number of rotatable bonds is 5. The number of benzene rings is 2. The number of ether oxygens (including phenoxy) is 1. The number of carbonyl (C=O) groups is 1. The molecule has 1 N–H and O–H groups in total. The van der Waals surface area contributed by atoms with E-state index in [9.17, 15) is 22.4 Å². The van der Waals surface area contributed by atoms with Gasteiger partial charge in [-0.25, -0.2) is 8.78 Å². The highest BCUT2D eigenvalue weighted by Gasteiger charge is 2.14. The van der Waals surface area contributed by atoms with Gasteiger partial charge in [0.15, 0.2) is 11.6 Å². The second-order valence-electron chi connectivity index (χ2n) is 4.77. The van der Waals surface area contributed by atoms with Crippen LogP contribution in [-0.4, -0.2) is 12.5 Å². The maximum atomic E-state index is 13.1. The van der Waals surface area contributed by atoms with E-state index in [1.54, 1.807) is 6.92 Å². The molecule has 0 spiro atoms. The first kappa shape index (κ1) is 16.8. The first-order chi connectivity index (χ1) is 10.9. The van der Waals surface area contributed by atoms with E-state index in [1.165, 1.54) is 30.3 Å².